The van der Waals surface area contributed by atoms with E-state index in [0.717, 1.165) is 36.4 Å². The summed E-state index contributed by atoms with van der Waals surface area (Å²) in [6.07, 6.45) is -9.01. The Kier molecular flexibility index (Phi) is 12.3. The normalized spacial score (nSPS) is 14.7. The Hall–Kier alpha value is -4.86. The maximum absolute atomic E-state index is 13.5. The Balaban J connectivity index is 0.000000216. The summed E-state index contributed by atoms with van der Waals surface area (Å²) in [4.78, 5) is 5.91. The van der Waals surface area contributed by atoms with Crippen LogP contribution in [0, 0.1) is 57.2 Å². The van der Waals surface area contributed by atoms with Gasteiger partial charge in [0.2, 0.25) is 0 Å². The number of alkyl halides is 6. The van der Waals surface area contributed by atoms with Crippen LogP contribution in [0.3, 0.4) is 0 Å². The second-order valence-electron chi connectivity index (χ2n) is 12.8. The molecule has 52 heavy (non-hydrogen) atoms. The molecule has 1 fully saturated rings. The van der Waals surface area contributed by atoms with Crippen molar-refractivity contribution in [2.24, 2.45) is 0 Å². The second-order valence-corrected chi connectivity index (χ2v) is 12.8. The van der Waals surface area contributed by atoms with Crippen molar-refractivity contribution >= 4 is 24.0 Å². The Morgan fingerprint density at radius 3 is 1.31 bits per heavy atom. The lowest BCUT2D eigenvalue weighted by atomic mass is 9.78. The van der Waals surface area contributed by atoms with E-state index in [9.17, 15) is 43.9 Å². The third kappa shape index (κ3) is 9.93. The van der Waals surface area contributed by atoms with Gasteiger partial charge in [0, 0.05) is 22.3 Å². The molecule has 0 N–H and O–H groups in total. The van der Waals surface area contributed by atoms with Gasteiger partial charge in [-0.05, 0) is 120 Å². The van der Waals surface area contributed by atoms with E-state index in [-0.39, 0.29) is 33.6 Å². The van der Waals surface area contributed by atoms with Crippen molar-refractivity contribution in [3.8, 4) is 11.1 Å². The molecule has 0 radical (unpaired) electrons. The minimum absolute atomic E-state index is 0.00951. The lowest BCUT2D eigenvalue weighted by Crippen LogP contribution is -2.41. The number of halogens is 10. The molecule has 1 aliphatic heterocycles. The molecule has 0 spiro atoms. The van der Waals surface area contributed by atoms with Crippen molar-refractivity contribution in [3.05, 3.63) is 135 Å². The first-order chi connectivity index (χ1) is 23.8. The molecule has 5 rings (SSSR count). The number of benzene rings is 4. The third-order valence-corrected chi connectivity index (χ3v) is 8.34. The van der Waals surface area contributed by atoms with Crippen LogP contribution in [0.2, 0.25) is 0 Å². The highest BCUT2D eigenvalue weighted by Gasteiger charge is 2.52. The van der Waals surface area contributed by atoms with E-state index in [2.05, 4.69) is 9.69 Å². The van der Waals surface area contributed by atoms with Gasteiger partial charge in [-0.2, -0.15) is 26.3 Å². The quantitative estimate of drug-likeness (QED) is 0.116. The van der Waals surface area contributed by atoms with Crippen molar-refractivity contribution < 1.29 is 53.2 Å². The molecule has 0 aliphatic carbocycles. The first kappa shape index (κ1) is 41.6. The first-order valence-corrected chi connectivity index (χ1v) is 15.2. The molecular weight excluding hydrogens is 705 g/mol. The summed E-state index contributed by atoms with van der Waals surface area (Å²) in [6.45, 7) is 25.2. The van der Waals surface area contributed by atoms with Crippen molar-refractivity contribution in [1.82, 2.24) is 0 Å². The van der Waals surface area contributed by atoms with Gasteiger partial charge in [0.05, 0.1) is 24.3 Å². The molecule has 0 atom stereocenters. The fraction of sp³-hybridized carbons (Fsp3) is 0.297. The first-order valence-electron chi connectivity index (χ1n) is 15.2. The average Bonchev–Trinajstić information content (AvgIpc) is 3.27. The Morgan fingerprint density at radius 2 is 0.904 bits per heavy atom. The predicted octanol–water partition coefficient (Wildman–Crippen LogP) is 11.6. The van der Waals surface area contributed by atoms with E-state index < -0.39 is 65.1 Å². The standard InChI is InChI=1S/C15H8F5N.C13H17BF2O2.C9H6F3N/c1-8-13(16)5-10(6-14(8)17)9-3-11(15(18,19)20)7-12(4-9)21-2;1-8-10(15)6-9(7-11(8)16)14-17-12(2,3)13(4,5)18-14;1-6-3-7(9(10,11)12)5-8(4-6)13-2/h3-7H,1H3;6-7H,1-5H3;3-5H,1H3. The van der Waals surface area contributed by atoms with Gasteiger partial charge in [0.15, 0.2) is 11.4 Å². The van der Waals surface area contributed by atoms with E-state index in [1.165, 1.54) is 39.0 Å². The van der Waals surface area contributed by atoms with Gasteiger partial charge in [-0.3, -0.25) is 0 Å². The summed E-state index contributed by atoms with van der Waals surface area (Å²) in [5.74, 6) is -2.88. The summed E-state index contributed by atoms with van der Waals surface area (Å²) in [7, 11) is -0.736. The Morgan fingerprint density at radius 1 is 0.538 bits per heavy atom. The fourth-order valence-corrected chi connectivity index (χ4v) is 4.59. The number of hydrogen-bond acceptors (Lipinski definition) is 2. The smallest absolute Gasteiger partial charge is 0.399 e. The maximum Gasteiger partial charge on any atom is 0.495 e. The van der Waals surface area contributed by atoms with Gasteiger partial charge in [0.1, 0.15) is 23.3 Å². The monoisotopic (exact) mass is 736 g/mol. The molecule has 0 bridgehead atoms. The molecule has 4 aromatic rings. The van der Waals surface area contributed by atoms with Crippen LogP contribution < -0.4 is 5.46 Å². The zero-order valence-electron chi connectivity index (χ0n) is 28.8. The van der Waals surface area contributed by atoms with Gasteiger partial charge in [-0.25, -0.2) is 27.3 Å². The number of nitrogens with zero attached hydrogens (tertiary/aromatic N) is 2. The van der Waals surface area contributed by atoms with Crippen molar-refractivity contribution in [2.75, 3.05) is 0 Å². The van der Waals surface area contributed by atoms with Crippen LogP contribution in [0.5, 0.6) is 0 Å². The fourth-order valence-electron chi connectivity index (χ4n) is 4.59. The van der Waals surface area contributed by atoms with Crippen molar-refractivity contribution in [3.63, 3.8) is 0 Å². The number of rotatable bonds is 2. The summed E-state index contributed by atoms with van der Waals surface area (Å²) in [5.41, 5.74) is -2.56. The van der Waals surface area contributed by atoms with Crippen molar-refractivity contribution in [2.45, 2.75) is 72.0 Å². The van der Waals surface area contributed by atoms with Gasteiger partial charge < -0.3 is 9.31 Å². The van der Waals surface area contributed by atoms with E-state index in [1.54, 1.807) is 0 Å². The molecule has 0 unspecified atom stereocenters. The number of hydrogen-bond donors (Lipinski definition) is 0. The minimum Gasteiger partial charge on any atom is -0.399 e. The van der Waals surface area contributed by atoms with Gasteiger partial charge in [-0.1, -0.05) is 11.6 Å². The third-order valence-electron chi connectivity index (χ3n) is 8.34. The predicted molar refractivity (Wildman–Crippen MR) is 177 cm³/mol. The van der Waals surface area contributed by atoms with Gasteiger partial charge >= 0.3 is 19.5 Å². The summed E-state index contributed by atoms with van der Waals surface area (Å²) >= 11 is 0. The maximum atomic E-state index is 13.5. The lowest BCUT2D eigenvalue weighted by molar-refractivity contribution is -0.138. The Bertz CT molecular complexity index is 1980. The SMILES string of the molecule is Cc1c(F)cc(B2OC(C)(C)C(C)(C)O2)cc1F.[C-]#[N+]c1cc(-c2cc(F)c(C)c(F)c2)cc(C(F)(F)F)c1.[C-]#[N+]c1cc(C)cc(C(F)(F)F)c1. The molecule has 15 heteroatoms. The largest absolute Gasteiger partial charge is 0.495 e. The summed E-state index contributed by atoms with van der Waals surface area (Å²) in [6, 6.07) is 10.3. The molecule has 4 nitrogen and oxygen atoms in total. The number of aryl methyl sites for hydroxylation is 1. The topological polar surface area (TPSA) is 27.2 Å². The van der Waals surface area contributed by atoms with Gasteiger partial charge in [0.25, 0.3) is 0 Å². The minimum atomic E-state index is -4.64. The molecule has 1 heterocycles. The van der Waals surface area contributed by atoms with E-state index >= 15 is 0 Å². The highest BCUT2D eigenvalue weighted by Crippen LogP contribution is 2.38. The summed E-state index contributed by atoms with van der Waals surface area (Å²) < 4.78 is 140. The van der Waals surface area contributed by atoms with Crippen LogP contribution in [-0.4, -0.2) is 18.3 Å². The molecule has 274 valence electrons. The highest BCUT2D eigenvalue weighted by atomic mass is 19.4. The highest BCUT2D eigenvalue weighted by molar-refractivity contribution is 6.62. The van der Waals surface area contributed by atoms with Crippen molar-refractivity contribution in [1.29, 1.82) is 0 Å². The van der Waals surface area contributed by atoms with E-state index in [1.807, 2.05) is 27.7 Å². The Labute approximate surface area is 294 Å². The zero-order chi connectivity index (χ0) is 39.6. The lowest BCUT2D eigenvalue weighted by Gasteiger charge is -2.32. The van der Waals surface area contributed by atoms with Crippen LogP contribution in [0.4, 0.5) is 55.3 Å². The molecule has 1 saturated heterocycles. The molecular formula is C37H31BF10N2O2. The van der Waals surface area contributed by atoms with Crippen LogP contribution in [0.15, 0.2) is 60.7 Å². The van der Waals surface area contributed by atoms with Gasteiger partial charge in [-0.15, -0.1) is 0 Å². The zero-order valence-corrected chi connectivity index (χ0v) is 28.8. The van der Waals surface area contributed by atoms with Crippen LogP contribution in [0.1, 0.15) is 55.5 Å². The van der Waals surface area contributed by atoms with E-state index in [4.69, 9.17) is 22.5 Å². The molecule has 0 aromatic heterocycles. The van der Waals surface area contributed by atoms with Crippen LogP contribution in [-0.2, 0) is 21.7 Å². The second kappa shape index (κ2) is 15.4. The average molecular weight is 736 g/mol. The molecule has 0 amide bonds. The van der Waals surface area contributed by atoms with E-state index in [0.29, 0.717) is 17.1 Å². The molecule has 1 aliphatic rings. The molecule has 4 aromatic carbocycles. The van der Waals surface area contributed by atoms with Crippen LogP contribution >= 0.6 is 0 Å². The summed E-state index contributed by atoms with van der Waals surface area (Å²) in [5, 5.41) is 0. The molecule has 0 saturated carbocycles. The van der Waals surface area contributed by atoms with Crippen LogP contribution in [0.25, 0.3) is 20.8 Å².